The summed E-state index contributed by atoms with van der Waals surface area (Å²) in [5.41, 5.74) is 0.622. The monoisotopic (exact) mass is 495 g/mol. The molecule has 1 fully saturated rings. The first-order valence-electron chi connectivity index (χ1n) is 10.0. The minimum atomic E-state index is -4.55. The number of anilines is 2. The van der Waals surface area contributed by atoms with E-state index in [4.69, 9.17) is 0 Å². The molecule has 0 atom stereocenters. The third-order valence-corrected chi connectivity index (χ3v) is 7.19. The maximum atomic E-state index is 12.9. The number of carbonyl (C=O) groups is 1. The molecule has 3 N–H and O–H groups in total. The average Bonchev–Trinajstić information content (AvgIpc) is 3.43. The zero-order valence-electron chi connectivity index (χ0n) is 17.1. The fourth-order valence-corrected chi connectivity index (χ4v) is 4.95. The first kappa shape index (κ1) is 23.3. The predicted molar refractivity (Wildman–Crippen MR) is 122 cm³/mol. The van der Waals surface area contributed by atoms with Gasteiger partial charge in [-0.3, -0.25) is 0 Å². The van der Waals surface area contributed by atoms with Crippen molar-refractivity contribution in [2.45, 2.75) is 23.9 Å². The van der Waals surface area contributed by atoms with Crippen molar-refractivity contribution < 1.29 is 26.4 Å². The van der Waals surface area contributed by atoms with Gasteiger partial charge in [0.1, 0.15) is 0 Å². The highest BCUT2D eigenvalue weighted by atomic mass is 32.2. The smallest absolute Gasteiger partial charge is 0.308 e. The van der Waals surface area contributed by atoms with E-state index in [2.05, 4.69) is 15.4 Å². The van der Waals surface area contributed by atoms with Crippen LogP contribution in [0.3, 0.4) is 0 Å². The van der Waals surface area contributed by atoms with Gasteiger partial charge in [0, 0.05) is 17.8 Å². The summed E-state index contributed by atoms with van der Waals surface area (Å²) in [5, 5.41) is 8.62. The molecule has 2 aromatic carbocycles. The van der Waals surface area contributed by atoms with Crippen LogP contribution in [0.25, 0.3) is 11.1 Å². The third-order valence-electron chi connectivity index (χ3n) is 5.09. The summed E-state index contributed by atoms with van der Waals surface area (Å²) < 4.78 is 66.8. The lowest BCUT2D eigenvalue weighted by atomic mass is 10.1. The van der Waals surface area contributed by atoms with Crippen molar-refractivity contribution in [1.82, 2.24) is 4.72 Å². The highest BCUT2D eigenvalue weighted by Gasteiger charge is 2.30. The molecule has 0 aliphatic heterocycles. The van der Waals surface area contributed by atoms with Gasteiger partial charge < -0.3 is 10.6 Å². The Balaban J connectivity index is 1.58. The first-order valence-corrected chi connectivity index (χ1v) is 12.5. The predicted octanol–water partition coefficient (Wildman–Crippen LogP) is 5.77. The Morgan fingerprint density at radius 3 is 2.52 bits per heavy atom. The van der Waals surface area contributed by atoms with E-state index in [0.29, 0.717) is 18.0 Å². The minimum Gasteiger partial charge on any atom is -0.308 e. The van der Waals surface area contributed by atoms with Crippen LogP contribution in [0.4, 0.5) is 29.3 Å². The molecule has 0 bridgehead atoms. The molecular formula is C22H20F3N3O3S2. The van der Waals surface area contributed by atoms with Crippen LogP contribution in [0.15, 0.2) is 64.2 Å². The van der Waals surface area contributed by atoms with Crippen LogP contribution in [-0.2, 0) is 16.2 Å². The summed E-state index contributed by atoms with van der Waals surface area (Å²) in [7, 11) is -3.78. The van der Waals surface area contributed by atoms with Gasteiger partial charge in [-0.05, 0) is 71.5 Å². The molecule has 0 unspecified atom stereocenters. The molecular weight excluding hydrogens is 475 g/mol. The van der Waals surface area contributed by atoms with E-state index in [1.807, 2.05) is 16.8 Å². The molecule has 11 heteroatoms. The highest BCUT2D eigenvalue weighted by Crippen LogP contribution is 2.33. The maximum Gasteiger partial charge on any atom is 0.416 e. The van der Waals surface area contributed by atoms with Crippen LogP contribution in [0, 0.1) is 5.92 Å². The van der Waals surface area contributed by atoms with Crippen LogP contribution in [-0.4, -0.2) is 21.0 Å². The third kappa shape index (κ3) is 5.92. The van der Waals surface area contributed by atoms with E-state index >= 15 is 0 Å². The van der Waals surface area contributed by atoms with Gasteiger partial charge in [-0.1, -0.05) is 12.1 Å². The van der Waals surface area contributed by atoms with E-state index in [1.165, 1.54) is 35.6 Å². The topological polar surface area (TPSA) is 87.3 Å². The van der Waals surface area contributed by atoms with E-state index in [1.54, 1.807) is 6.07 Å². The molecule has 1 aliphatic rings. The van der Waals surface area contributed by atoms with Crippen molar-refractivity contribution in [1.29, 1.82) is 0 Å². The van der Waals surface area contributed by atoms with Gasteiger partial charge in [0.05, 0.1) is 16.1 Å². The minimum absolute atomic E-state index is 0.0171. The van der Waals surface area contributed by atoms with Gasteiger partial charge in [0.15, 0.2) is 0 Å². The van der Waals surface area contributed by atoms with Crippen LogP contribution in [0.5, 0.6) is 0 Å². The Morgan fingerprint density at radius 1 is 1.06 bits per heavy atom. The standard InChI is InChI=1S/C22H20F3N3O3S2/c23-22(24,25)16-2-1-3-17(10-16)27-21(29)28-20-11-18(33(30,31)26-12-14-4-5-14)6-7-19(20)15-8-9-32-13-15/h1-3,6-11,13-14,26H,4-5,12H2,(H2,27,28,29). The summed E-state index contributed by atoms with van der Waals surface area (Å²) >= 11 is 1.43. The number of urea groups is 1. The highest BCUT2D eigenvalue weighted by molar-refractivity contribution is 7.89. The zero-order valence-corrected chi connectivity index (χ0v) is 18.8. The Hall–Kier alpha value is -2.89. The van der Waals surface area contributed by atoms with Crippen LogP contribution in [0.1, 0.15) is 18.4 Å². The maximum absolute atomic E-state index is 12.9. The number of halogens is 3. The molecule has 6 nitrogen and oxygen atoms in total. The van der Waals surface area contributed by atoms with Gasteiger partial charge >= 0.3 is 12.2 Å². The van der Waals surface area contributed by atoms with E-state index in [0.717, 1.165) is 30.5 Å². The number of nitrogens with one attached hydrogen (secondary N) is 3. The van der Waals surface area contributed by atoms with Gasteiger partial charge in [-0.2, -0.15) is 24.5 Å². The largest absolute Gasteiger partial charge is 0.416 e. The Bertz CT molecular complexity index is 1260. The molecule has 0 radical (unpaired) electrons. The molecule has 0 spiro atoms. The molecule has 2 amide bonds. The molecule has 1 heterocycles. The molecule has 33 heavy (non-hydrogen) atoms. The van der Waals surface area contributed by atoms with Gasteiger partial charge in [0.25, 0.3) is 0 Å². The fraction of sp³-hybridized carbons (Fsp3) is 0.227. The molecule has 0 saturated heterocycles. The summed E-state index contributed by atoms with van der Waals surface area (Å²) in [4.78, 5) is 12.6. The Morgan fingerprint density at radius 2 is 1.85 bits per heavy atom. The van der Waals surface area contributed by atoms with Crippen LogP contribution in [0.2, 0.25) is 0 Å². The Kier molecular flexibility index (Phi) is 6.46. The summed E-state index contributed by atoms with van der Waals surface area (Å²) in [5.74, 6) is 0.348. The molecule has 4 rings (SSSR count). The molecule has 1 aromatic heterocycles. The SMILES string of the molecule is O=C(Nc1cccc(C(F)(F)F)c1)Nc1cc(S(=O)(=O)NCC2CC2)ccc1-c1ccsc1. The second-order valence-electron chi connectivity index (χ2n) is 7.67. The number of benzene rings is 2. The van der Waals surface area contributed by atoms with Crippen molar-refractivity contribution >= 4 is 38.8 Å². The molecule has 3 aromatic rings. The number of hydrogen-bond acceptors (Lipinski definition) is 4. The van der Waals surface area contributed by atoms with E-state index in [-0.39, 0.29) is 16.3 Å². The second kappa shape index (κ2) is 9.16. The normalized spacial score (nSPS) is 14.2. The number of carbonyl (C=O) groups excluding carboxylic acids is 1. The summed E-state index contributed by atoms with van der Waals surface area (Å²) in [6, 6.07) is 9.65. The van der Waals surface area contributed by atoms with Gasteiger partial charge in [0.2, 0.25) is 10.0 Å². The van der Waals surface area contributed by atoms with Crippen molar-refractivity contribution in [2.24, 2.45) is 5.92 Å². The summed E-state index contributed by atoms with van der Waals surface area (Å²) in [6.45, 7) is 0.355. The lowest BCUT2D eigenvalue weighted by molar-refractivity contribution is -0.137. The number of amides is 2. The Labute approximate surface area is 192 Å². The fourth-order valence-electron chi connectivity index (χ4n) is 3.15. The lowest BCUT2D eigenvalue weighted by Crippen LogP contribution is -2.26. The number of hydrogen-bond donors (Lipinski definition) is 3. The van der Waals surface area contributed by atoms with E-state index < -0.39 is 27.8 Å². The lowest BCUT2D eigenvalue weighted by Gasteiger charge is -2.15. The number of rotatable bonds is 7. The second-order valence-corrected chi connectivity index (χ2v) is 10.2. The molecule has 1 aliphatic carbocycles. The summed E-state index contributed by atoms with van der Waals surface area (Å²) in [6.07, 6.45) is -2.57. The number of sulfonamides is 1. The van der Waals surface area contributed by atoms with Crippen molar-refractivity contribution in [2.75, 3.05) is 17.2 Å². The van der Waals surface area contributed by atoms with Crippen LogP contribution >= 0.6 is 11.3 Å². The van der Waals surface area contributed by atoms with Gasteiger partial charge in [-0.15, -0.1) is 0 Å². The average molecular weight is 496 g/mol. The van der Waals surface area contributed by atoms with Crippen LogP contribution < -0.4 is 15.4 Å². The first-order chi connectivity index (χ1) is 15.6. The van der Waals surface area contributed by atoms with Crippen molar-refractivity contribution in [3.8, 4) is 11.1 Å². The number of alkyl halides is 3. The quantitative estimate of drug-likeness (QED) is 0.389. The van der Waals surface area contributed by atoms with Gasteiger partial charge in [-0.25, -0.2) is 17.9 Å². The van der Waals surface area contributed by atoms with Crippen molar-refractivity contribution in [3.63, 3.8) is 0 Å². The molecule has 174 valence electrons. The van der Waals surface area contributed by atoms with E-state index in [9.17, 15) is 26.4 Å². The molecule has 1 saturated carbocycles. The number of thiophene rings is 1. The van der Waals surface area contributed by atoms with Crippen molar-refractivity contribution in [3.05, 3.63) is 64.9 Å². The zero-order chi connectivity index (χ0) is 23.6.